The molecule has 98 valence electrons. The van der Waals surface area contributed by atoms with Crippen LogP contribution in [-0.4, -0.2) is 32.9 Å². The molecule has 1 atom stereocenters. The molecule has 1 rings (SSSR count). The zero-order valence-electron chi connectivity index (χ0n) is 9.87. The normalized spacial score (nSPS) is 13.8. The van der Waals surface area contributed by atoms with Crippen LogP contribution < -0.4 is 0 Å². The van der Waals surface area contributed by atoms with Crippen LogP contribution in [0.2, 0.25) is 0 Å². The van der Waals surface area contributed by atoms with Crippen LogP contribution in [0.4, 0.5) is 0 Å². The molecule has 0 fully saturated rings. The molecular formula is C13H16O5. The first-order valence-corrected chi connectivity index (χ1v) is 5.65. The molecule has 0 radical (unpaired) electrons. The van der Waals surface area contributed by atoms with Gasteiger partial charge in [-0.1, -0.05) is 30.3 Å². The summed E-state index contributed by atoms with van der Waals surface area (Å²) < 4.78 is 0. The molecule has 0 saturated carbocycles. The Morgan fingerprint density at radius 1 is 1.11 bits per heavy atom. The van der Waals surface area contributed by atoms with E-state index in [1.54, 1.807) is 30.3 Å². The molecule has 18 heavy (non-hydrogen) atoms. The molecule has 0 heterocycles. The molecule has 0 aromatic heterocycles. The van der Waals surface area contributed by atoms with Gasteiger partial charge < -0.3 is 15.3 Å². The number of carboxylic acid groups (broad SMARTS) is 2. The van der Waals surface area contributed by atoms with Crippen LogP contribution in [0.15, 0.2) is 30.3 Å². The summed E-state index contributed by atoms with van der Waals surface area (Å²) >= 11 is 0. The number of aliphatic hydroxyl groups is 1. The first kappa shape index (κ1) is 14.2. The van der Waals surface area contributed by atoms with Gasteiger partial charge in [0.1, 0.15) is 0 Å². The van der Waals surface area contributed by atoms with E-state index in [-0.39, 0.29) is 25.7 Å². The lowest BCUT2D eigenvalue weighted by Gasteiger charge is -2.23. The van der Waals surface area contributed by atoms with Crippen LogP contribution in [0.3, 0.4) is 0 Å². The van der Waals surface area contributed by atoms with Crippen LogP contribution >= 0.6 is 0 Å². The molecule has 3 N–H and O–H groups in total. The van der Waals surface area contributed by atoms with Gasteiger partial charge in [0, 0.05) is 12.8 Å². The molecule has 1 unspecified atom stereocenters. The molecular weight excluding hydrogens is 236 g/mol. The zero-order valence-corrected chi connectivity index (χ0v) is 9.87. The highest BCUT2D eigenvalue weighted by Crippen LogP contribution is 2.20. The third-order valence-corrected chi connectivity index (χ3v) is 2.72. The predicted molar refractivity (Wildman–Crippen MR) is 64.2 cm³/mol. The highest BCUT2D eigenvalue weighted by Gasteiger charge is 2.35. The topological polar surface area (TPSA) is 94.8 Å². The highest BCUT2D eigenvalue weighted by molar-refractivity contribution is 5.77. The highest BCUT2D eigenvalue weighted by atomic mass is 16.4. The third kappa shape index (κ3) is 4.18. The van der Waals surface area contributed by atoms with Crippen molar-refractivity contribution in [2.75, 3.05) is 0 Å². The molecule has 1 aromatic carbocycles. The number of hydrogen-bond donors (Lipinski definition) is 3. The van der Waals surface area contributed by atoms with Gasteiger partial charge in [-0.3, -0.25) is 4.79 Å². The molecule has 0 bridgehead atoms. The minimum Gasteiger partial charge on any atom is -0.481 e. The summed E-state index contributed by atoms with van der Waals surface area (Å²) in [5.74, 6) is -2.32. The predicted octanol–water partition coefficient (Wildman–Crippen LogP) is 1.30. The van der Waals surface area contributed by atoms with Crippen LogP contribution in [0.1, 0.15) is 24.8 Å². The lowest BCUT2D eigenvalue weighted by molar-refractivity contribution is -0.159. The minimum absolute atomic E-state index is 0.0250. The lowest BCUT2D eigenvalue weighted by atomic mass is 9.89. The van der Waals surface area contributed by atoms with Gasteiger partial charge in [0.25, 0.3) is 0 Å². The average molecular weight is 252 g/mol. The second-order valence-electron chi connectivity index (χ2n) is 4.25. The minimum atomic E-state index is -1.91. The van der Waals surface area contributed by atoms with E-state index in [4.69, 9.17) is 10.2 Å². The molecule has 0 aliphatic carbocycles. The Morgan fingerprint density at radius 2 is 1.72 bits per heavy atom. The second-order valence-corrected chi connectivity index (χ2v) is 4.25. The van der Waals surface area contributed by atoms with Crippen molar-refractivity contribution in [1.29, 1.82) is 0 Å². The van der Waals surface area contributed by atoms with E-state index in [9.17, 15) is 14.7 Å². The molecule has 0 spiro atoms. The fourth-order valence-corrected chi connectivity index (χ4v) is 1.74. The van der Waals surface area contributed by atoms with E-state index in [0.29, 0.717) is 5.56 Å². The van der Waals surface area contributed by atoms with Gasteiger partial charge in [0.2, 0.25) is 0 Å². The summed E-state index contributed by atoms with van der Waals surface area (Å²) in [6.07, 6.45) is -0.123. The van der Waals surface area contributed by atoms with Crippen molar-refractivity contribution in [2.24, 2.45) is 0 Å². The van der Waals surface area contributed by atoms with E-state index >= 15 is 0 Å². The van der Waals surface area contributed by atoms with E-state index < -0.39 is 17.5 Å². The van der Waals surface area contributed by atoms with Crippen molar-refractivity contribution in [2.45, 2.75) is 31.3 Å². The Morgan fingerprint density at radius 3 is 2.22 bits per heavy atom. The van der Waals surface area contributed by atoms with Crippen molar-refractivity contribution in [1.82, 2.24) is 0 Å². The van der Waals surface area contributed by atoms with Gasteiger partial charge in [0.15, 0.2) is 5.60 Å². The maximum absolute atomic E-state index is 11.1. The first-order chi connectivity index (χ1) is 8.44. The first-order valence-electron chi connectivity index (χ1n) is 5.65. The Balaban J connectivity index is 2.68. The third-order valence-electron chi connectivity index (χ3n) is 2.72. The average Bonchev–Trinajstić information content (AvgIpc) is 2.29. The van der Waals surface area contributed by atoms with E-state index in [0.717, 1.165) is 0 Å². The van der Waals surface area contributed by atoms with E-state index in [1.807, 2.05) is 0 Å². The Labute approximate surface area is 105 Å². The SMILES string of the molecule is O=C(O)CCCC(O)(Cc1ccccc1)C(=O)O. The quantitative estimate of drug-likeness (QED) is 0.680. The molecule has 0 saturated heterocycles. The van der Waals surface area contributed by atoms with Crippen LogP contribution in [0, 0.1) is 0 Å². The van der Waals surface area contributed by atoms with Crippen molar-refractivity contribution in [3.05, 3.63) is 35.9 Å². The molecule has 0 aliphatic rings. The Kier molecular flexibility index (Phi) is 4.85. The maximum Gasteiger partial charge on any atom is 0.336 e. The number of hydrogen-bond acceptors (Lipinski definition) is 3. The van der Waals surface area contributed by atoms with Gasteiger partial charge in [-0.2, -0.15) is 0 Å². The molecule has 5 heteroatoms. The molecule has 0 aliphatic heterocycles. The molecule has 5 nitrogen and oxygen atoms in total. The summed E-state index contributed by atoms with van der Waals surface area (Å²) in [5.41, 5.74) is -1.20. The van der Waals surface area contributed by atoms with Crippen LogP contribution in [0.5, 0.6) is 0 Å². The Bertz CT molecular complexity index is 415. The second kappa shape index (κ2) is 6.16. The summed E-state index contributed by atoms with van der Waals surface area (Å²) in [6.45, 7) is 0. The number of rotatable bonds is 7. The summed E-state index contributed by atoms with van der Waals surface area (Å²) in [4.78, 5) is 21.5. The van der Waals surface area contributed by atoms with Crippen LogP contribution in [0.25, 0.3) is 0 Å². The van der Waals surface area contributed by atoms with Gasteiger partial charge in [0.05, 0.1) is 0 Å². The molecule has 0 amide bonds. The fraction of sp³-hybridized carbons (Fsp3) is 0.385. The monoisotopic (exact) mass is 252 g/mol. The van der Waals surface area contributed by atoms with Crippen molar-refractivity contribution >= 4 is 11.9 Å². The summed E-state index contributed by atoms with van der Waals surface area (Å²) in [7, 11) is 0. The van der Waals surface area contributed by atoms with Crippen molar-refractivity contribution in [3.8, 4) is 0 Å². The number of carboxylic acids is 2. The Hall–Kier alpha value is -1.88. The van der Waals surface area contributed by atoms with Gasteiger partial charge >= 0.3 is 11.9 Å². The van der Waals surface area contributed by atoms with E-state index in [2.05, 4.69) is 0 Å². The van der Waals surface area contributed by atoms with Gasteiger partial charge in [-0.25, -0.2) is 4.79 Å². The number of carbonyl (C=O) groups is 2. The molecule has 1 aromatic rings. The summed E-state index contributed by atoms with van der Waals surface area (Å²) in [5, 5.41) is 27.6. The van der Waals surface area contributed by atoms with Crippen molar-refractivity contribution in [3.63, 3.8) is 0 Å². The smallest absolute Gasteiger partial charge is 0.336 e. The maximum atomic E-state index is 11.1. The summed E-state index contributed by atoms with van der Waals surface area (Å²) in [6, 6.07) is 8.77. The van der Waals surface area contributed by atoms with Crippen molar-refractivity contribution < 1.29 is 24.9 Å². The van der Waals surface area contributed by atoms with Gasteiger partial charge in [-0.15, -0.1) is 0 Å². The standard InChI is InChI=1S/C13H16O5/c14-11(15)7-4-8-13(18,12(16)17)9-10-5-2-1-3-6-10/h1-3,5-6,18H,4,7-9H2,(H,14,15)(H,16,17). The number of benzene rings is 1. The largest absolute Gasteiger partial charge is 0.481 e. The van der Waals surface area contributed by atoms with E-state index in [1.165, 1.54) is 0 Å². The number of aliphatic carboxylic acids is 2. The van der Waals surface area contributed by atoms with Gasteiger partial charge in [-0.05, 0) is 18.4 Å². The van der Waals surface area contributed by atoms with Crippen LogP contribution in [-0.2, 0) is 16.0 Å². The zero-order chi connectivity index (χ0) is 13.6. The lowest BCUT2D eigenvalue weighted by Crippen LogP contribution is -2.40. The fourth-order valence-electron chi connectivity index (χ4n) is 1.74.